The Morgan fingerprint density at radius 3 is 2.88 bits per heavy atom. The molecule has 3 atom stereocenters. The lowest BCUT2D eigenvalue weighted by Crippen LogP contribution is -2.35. The second-order valence-corrected chi connectivity index (χ2v) is 5.41. The molecule has 17 heavy (non-hydrogen) atoms. The van der Waals surface area contributed by atoms with E-state index in [4.69, 9.17) is 0 Å². The minimum atomic E-state index is -0.145. The first-order valence-corrected chi connectivity index (χ1v) is 6.66. The summed E-state index contributed by atoms with van der Waals surface area (Å²) in [5, 5.41) is 3.63. The van der Waals surface area contributed by atoms with Crippen LogP contribution < -0.4 is 5.32 Å². The topological polar surface area (TPSA) is 12.0 Å². The van der Waals surface area contributed by atoms with E-state index in [-0.39, 0.29) is 11.9 Å². The quantitative estimate of drug-likeness (QED) is 0.833. The van der Waals surface area contributed by atoms with Crippen molar-refractivity contribution in [3.05, 3.63) is 35.6 Å². The lowest BCUT2D eigenvalue weighted by Gasteiger charge is -2.30. The third-order valence-corrected chi connectivity index (χ3v) is 3.77. The largest absolute Gasteiger partial charge is 0.307 e. The summed E-state index contributed by atoms with van der Waals surface area (Å²) >= 11 is 0. The zero-order valence-electron chi connectivity index (χ0n) is 10.7. The van der Waals surface area contributed by atoms with Gasteiger partial charge in [0.1, 0.15) is 5.82 Å². The summed E-state index contributed by atoms with van der Waals surface area (Å²) in [6.45, 7) is 4.44. The zero-order chi connectivity index (χ0) is 12.3. The molecule has 0 amide bonds. The van der Waals surface area contributed by atoms with Crippen LogP contribution in [0.5, 0.6) is 0 Å². The van der Waals surface area contributed by atoms with Gasteiger partial charge in [-0.2, -0.15) is 0 Å². The highest BCUT2D eigenvalue weighted by atomic mass is 19.1. The van der Waals surface area contributed by atoms with Crippen molar-refractivity contribution in [2.24, 2.45) is 5.92 Å². The van der Waals surface area contributed by atoms with Crippen LogP contribution in [0.1, 0.15) is 51.1 Å². The minimum Gasteiger partial charge on any atom is -0.307 e. The smallest absolute Gasteiger partial charge is 0.123 e. The van der Waals surface area contributed by atoms with Gasteiger partial charge in [-0.3, -0.25) is 0 Å². The first kappa shape index (κ1) is 12.6. The Morgan fingerprint density at radius 2 is 2.18 bits per heavy atom. The average molecular weight is 235 g/mol. The maximum Gasteiger partial charge on any atom is 0.123 e. The van der Waals surface area contributed by atoms with Gasteiger partial charge in [-0.1, -0.05) is 31.9 Å². The van der Waals surface area contributed by atoms with Crippen LogP contribution in [-0.4, -0.2) is 6.04 Å². The minimum absolute atomic E-state index is 0.145. The van der Waals surface area contributed by atoms with E-state index in [2.05, 4.69) is 19.2 Å². The highest BCUT2D eigenvalue weighted by Gasteiger charge is 2.20. The normalized spacial score (nSPS) is 26.8. The summed E-state index contributed by atoms with van der Waals surface area (Å²) in [4.78, 5) is 0. The van der Waals surface area contributed by atoms with E-state index in [0.717, 1.165) is 11.5 Å². The molecule has 2 unspecified atom stereocenters. The Hall–Kier alpha value is -0.890. The van der Waals surface area contributed by atoms with Gasteiger partial charge >= 0.3 is 0 Å². The van der Waals surface area contributed by atoms with E-state index in [1.807, 2.05) is 6.07 Å². The second-order valence-electron chi connectivity index (χ2n) is 5.41. The molecule has 1 saturated carbocycles. The SMILES string of the molecule is CC1CCCC(N[C@@H](C)c2cccc(F)c2)C1. The molecule has 1 aliphatic rings. The van der Waals surface area contributed by atoms with Crippen molar-refractivity contribution in [1.29, 1.82) is 0 Å². The summed E-state index contributed by atoms with van der Waals surface area (Å²) in [6.07, 6.45) is 5.17. The molecule has 0 bridgehead atoms. The van der Waals surface area contributed by atoms with E-state index in [1.165, 1.54) is 31.7 Å². The highest BCUT2D eigenvalue weighted by Crippen LogP contribution is 2.25. The van der Waals surface area contributed by atoms with E-state index in [9.17, 15) is 4.39 Å². The van der Waals surface area contributed by atoms with Crippen molar-refractivity contribution in [3.8, 4) is 0 Å². The molecule has 0 spiro atoms. The van der Waals surface area contributed by atoms with E-state index < -0.39 is 0 Å². The molecule has 1 nitrogen and oxygen atoms in total. The summed E-state index contributed by atoms with van der Waals surface area (Å²) in [6, 6.07) is 7.74. The van der Waals surface area contributed by atoms with Crippen LogP contribution in [0.25, 0.3) is 0 Å². The van der Waals surface area contributed by atoms with Gasteiger partial charge in [-0.15, -0.1) is 0 Å². The molecule has 1 aromatic rings. The van der Waals surface area contributed by atoms with Crippen LogP contribution in [0, 0.1) is 11.7 Å². The number of halogens is 1. The van der Waals surface area contributed by atoms with Crippen LogP contribution in [0.15, 0.2) is 24.3 Å². The molecule has 2 heteroatoms. The molecule has 0 saturated heterocycles. The summed E-state index contributed by atoms with van der Waals surface area (Å²) in [5.74, 6) is 0.675. The fourth-order valence-electron chi connectivity index (χ4n) is 2.81. The van der Waals surface area contributed by atoms with Crippen LogP contribution >= 0.6 is 0 Å². The first-order valence-electron chi connectivity index (χ1n) is 6.66. The lowest BCUT2D eigenvalue weighted by atomic mass is 9.86. The van der Waals surface area contributed by atoms with Gasteiger partial charge in [0.25, 0.3) is 0 Å². The monoisotopic (exact) mass is 235 g/mol. The summed E-state index contributed by atoms with van der Waals surface area (Å²) in [5.41, 5.74) is 1.04. The molecule has 0 heterocycles. The van der Waals surface area contributed by atoms with Crippen molar-refractivity contribution < 1.29 is 4.39 Å². The third-order valence-electron chi connectivity index (χ3n) is 3.77. The fraction of sp³-hybridized carbons (Fsp3) is 0.600. The predicted molar refractivity (Wildman–Crippen MR) is 69.4 cm³/mol. The lowest BCUT2D eigenvalue weighted by molar-refractivity contribution is 0.285. The third kappa shape index (κ3) is 3.53. The number of hydrogen-bond donors (Lipinski definition) is 1. The van der Waals surface area contributed by atoms with Crippen LogP contribution in [0.2, 0.25) is 0 Å². The van der Waals surface area contributed by atoms with Crippen LogP contribution in [-0.2, 0) is 0 Å². The Kier molecular flexibility index (Phi) is 4.16. The molecule has 0 aromatic heterocycles. The molecule has 2 rings (SSSR count). The number of hydrogen-bond acceptors (Lipinski definition) is 1. The molecule has 1 fully saturated rings. The van der Waals surface area contributed by atoms with Gasteiger partial charge in [0.05, 0.1) is 0 Å². The standard InChI is InChI=1S/C15H22FN/c1-11-5-3-8-15(9-11)17-12(2)13-6-4-7-14(16)10-13/h4,6-7,10-12,15,17H,3,5,8-9H2,1-2H3/t11?,12-,15?/m0/s1. The molecule has 0 aliphatic heterocycles. The number of nitrogens with one attached hydrogen (secondary N) is 1. The van der Waals surface area contributed by atoms with E-state index >= 15 is 0 Å². The van der Waals surface area contributed by atoms with Gasteiger partial charge in [-0.25, -0.2) is 4.39 Å². The maximum absolute atomic E-state index is 13.1. The van der Waals surface area contributed by atoms with Gasteiger partial charge < -0.3 is 5.32 Å². The number of rotatable bonds is 3. The van der Waals surface area contributed by atoms with Crippen molar-refractivity contribution in [1.82, 2.24) is 5.32 Å². The molecule has 94 valence electrons. The van der Waals surface area contributed by atoms with Gasteiger partial charge in [0.15, 0.2) is 0 Å². The van der Waals surface area contributed by atoms with Gasteiger partial charge in [0, 0.05) is 12.1 Å². The Bertz CT molecular complexity index is 364. The summed E-state index contributed by atoms with van der Waals surface area (Å²) < 4.78 is 13.1. The molecular weight excluding hydrogens is 213 g/mol. The molecule has 0 radical (unpaired) electrons. The predicted octanol–water partition coefficient (Wildman–Crippen LogP) is 4.06. The highest BCUT2D eigenvalue weighted by molar-refractivity contribution is 5.19. The van der Waals surface area contributed by atoms with Crippen molar-refractivity contribution in [3.63, 3.8) is 0 Å². The van der Waals surface area contributed by atoms with E-state index in [1.54, 1.807) is 12.1 Å². The second kappa shape index (κ2) is 5.63. The first-order chi connectivity index (χ1) is 8.15. The Balaban J connectivity index is 1.94. The fourth-order valence-corrected chi connectivity index (χ4v) is 2.81. The zero-order valence-corrected chi connectivity index (χ0v) is 10.7. The van der Waals surface area contributed by atoms with Gasteiger partial charge in [0.2, 0.25) is 0 Å². The Morgan fingerprint density at radius 1 is 1.35 bits per heavy atom. The van der Waals surface area contributed by atoms with Crippen molar-refractivity contribution in [2.75, 3.05) is 0 Å². The van der Waals surface area contributed by atoms with E-state index in [0.29, 0.717) is 6.04 Å². The molecule has 1 aromatic carbocycles. The van der Waals surface area contributed by atoms with Crippen LogP contribution in [0.4, 0.5) is 4.39 Å². The number of benzene rings is 1. The molecule has 1 N–H and O–H groups in total. The van der Waals surface area contributed by atoms with Crippen molar-refractivity contribution in [2.45, 2.75) is 51.6 Å². The summed E-state index contributed by atoms with van der Waals surface area (Å²) in [7, 11) is 0. The van der Waals surface area contributed by atoms with Crippen LogP contribution in [0.3, 0.4) is 0 Å². The molecular formula is C15H22FN. The van der Waals surface area contributed by atoms with Crippen molar-refractivity contribution >= 4 is 0 Å². The average Bonchev–Trinajstić information content (AvgIpc) is 2.29. The Labute approximate surface area is 103 Å². The maximum atomic E-state index is 13.1. The molecule has 1 aliphatic carbocycles. The van der Waals surface area contributed by atoms with Gasteiger partial charge in [-0.05, 0) is 43.4 Å².